The highest BCUT2D eigenvalue weighted by Gasteiger charge is 2.32. The van der Waals surface area contributed by atoms with Crippen molar-refractivity contribution in [2.75, 3.05) is 26.2 Å². The molecule has 0 bridgehead atoms. The third-order valence-corrected chi connectivity index (χ3v) is 7.49. The second kappa shape index (κ2) is 9.19. The summed E-state index contributed by atoms with van der Waals surface area (Å²) in [5.74, 6) is -0.902. The van der Waals surface area contributed by atoms with Gasteiger partial charge in [0.2, 0.25) is 15.9 Å². The van der Waals surface area contributed by atoms with Crippen molar-refractivity contribution in [1.82, 2.24) is 19.8 Å². The predicted octanol–water partition coefficient (Wildman–Crippen LogP) is 1.29. The first-order chi connectivity index (χ1) is 13.8. The lowest BCUT2D eigenvalue weighted by Gasteiger charge is -2.36. The molecular weight excluding hydrogens is 399 g/mol. The molecule has 160 valence electrons. The molecule has 1 aromatic carbocycles. The van der Waals surface area contributed by atoms with E-state index in [4.69, 9.17) is 0 Å². The van der Waals surface area contributed by atoms with Crippen LogP contribution in [0.2, 0.25) is 0 Å². The Labute approximate surface area is 170 Å². The van der Waals surface area contributed by atoms with E-state index in [1.807, 2.05) is 4.90 Å². The Kier molecular flexibility index (Phi) is 6.86. The van der Waals surface area contributed by atoms with Crippen molar-refractivity contribution in [3.05, 3.63) is 30.1 Å². The highest BCUT2D eigenvalue weighted by molar-refractivity contribution is 7.89. The van der Waals surface area contributed by atoms with Gasteiger partial charge in [-0.15, -0.1) is 0 Å². The van der Waals surface area contributed by atoms with Crippen LogP contribution in [-0.2, 0) is 14.8 Å². The number of hydrogen-bond acceptors (Lipinski definition) is 5. The summed E-state index contributed by atoms with van der Waals surface area (Å²) < 4.78 is 39.7. The van der Waals surface area contributed by atoms with Crippen LogP contribution in [0.15, 0.2) is 29.2 Å². The summed E-state index contributed by atoms with van der Waals surface area (Å²) >= 11 is 0. The molecule has 29 heavy (non-hydrogen) atoms. The van der Waals surface area contributed by atoms with E-state index in [0.29, 0.717) is 13.1 Å². The number of carbonyl (C=O) groups is 2. The first-order valence-electron chi connectivity index (χ1n) is 9.88. The zero-order valence-corrected chi connectivity index (χ0v) is 17.3. The lowest BCUT2D eigenvalue weighted by atomic mass is 10.2. The van der Waals surface area contributed by atoms with Crippen LogP contribution in [0.25, 0.3) is 0 Å². The average molecular weight is 427 g/mol. The Hall–Kier alpha value is -2.04. The molecule has 1 saturated heterocycles. The van der Waals surface area contributed by atoms with Crippen molar-refractivity contribution in [1.29, 1.82) is 0 Å². The fraction of sp³-hybridized carbons (Fsp3) is 0.579. The van der Waals surface area contributed by atoms with Gasteiger partial charge in [0.05, 0.1) is 10.9 Å². The second-order valence-electron chi connectivity index (χ2n) is 7.51. The molecule has 0 radical (unpaired) electrons. The largest absolute Gasteiger partial charge is 0.335 e. The molecule has 1 aromatic rings. The van der Waals surface area contributed by atoms with Gasteiger partial charge >= 0.3 is 6.03 Å². The van der Waals surface area contributed by atoms with E-state index in [1.54, 1.807) is 6.92 Å². The fourth-order valence-electron chi connectivity index (χ4n) is 3.76. The van der Waals surface area contributed by atoms with E-state index in [9.17, 15) is 22.4 Å². The number of urea groups is 1. The third-order valence-electron chi connectivity index (χ3n) is 5.58. The first-order valence-corrected chi connectivity index (χ1v) is 11.3. The number of sulfonamides is 1. The van der Waals surface area contributed by atoms with Crippen LogP contribution in [0.4, 0.5) is 9.18 Å². The Bertz CT molecular complexity index is 832. The highest BCUT2D eigenvalue weighted by atomic mass is 32.2. The first kappa shape index (κ1) is 21.7. The number of nitrogens with zero attached hydrogens (tertiary/aromatic N) is 2. The van der Waals surface area contributed by atoms with E-state index in [1.165, 1.54) is 16.4 Å². The van der Waals surface area contributed by atoms with Crippen molar-refractivity contribution in [2.24, 2.45) is 0 Å². The standard InChI is InChI=1S/C19H27FN4O4S/c1-14(18(25)22-19(26)21-16-4-2-3-5-16)23-10-12-24(13-11-23)29(27,28)17-8-6-15(20)7-9-17/h6-9,14,16H,2-5,10-13H2,1H3,(H2,21,22,25,26)/t14-/m0/s1. The summed E-state index contributed by atoms with van der Waals surface area (Å²) in [5.41, 5.74) is 0. The smallest absolute Gasteiger partial charge is 0.321 e. The number of hydrogen-bond donors (Lipinski definition) is 2. The number of benzene rings is 1. The molecule has 1 aliphatic heterocycles. The van der Waals surface area contributed by atoms with Crippen molar-refractivity contribution < 1.29 is 22.4 Å². The molecule has 0 aromatic heterocycles. The van der Waals surface area contributed by atoms with Crippen molar-refractivity contribution in [3.8, 4) is 0 Å². The molecule has 1 aliphatic carbocycles. The topological polar surface area (TPSA) is 98.8 Å². The molecule has 2 N–H and O–H groups in total. The van der Waals surface area contributed by atoms with Gasteiger partial charge in [0.15, 0.2) is 0 Å². The molecular formula is C19H27FN4O4S. The minimum Gasteiger partial charge on any atom is -0.335 e. The van der Waals surface area contributed by atoms with Crippen LogP contribution < -0.4 is 10.6 Å². The Morgan fingerprint density at radius 3 is 2.24 bits per heavy atom. The van der Waals surface area contributed by atoms with Gasteiger partial charge < -0.3 is 5.32 Å². The minimum atomic E-state index is -3.71. The van der Waals surface area contributed by atoms with E-state index < -0.39 is 33.8 Å². The lowest BCUT2D eigenvalue weighted by molar-refractivity contribution is -0.125. The maximum Gasteiger partial charge on any atom is 0.321 e. The predicted molar refractivity (Wildman–Crippen MR) is 105 cm³/mol. The summed E-state index contributed by atoms with van der Waals surface area (Å²) in [4.78, 5) is 26.2. The number of halogens is 1. The summed E-state index contributed by atoms with van der Waals surface area (Å²) in [6, 6.07) is 3.81. The molecule has 0 unspecified atom stereocenters. The normalized spacial score (nSPS) is 20.3. The van der Waals surface area contributed by atoms with Gasteiger partial charge in [-0.25, -0.2) is 17.6 Å². The number of piperazine rings is 1. The SMILES string of the molecule is C[C@@H](C(=O)NC(=O)NC1CCCC1)N1CCN(S(=O)(=O)c2ccc(F)cc2)CC1. The molecule has 0 spiro atoms. The van der Waals surface area contributed by atoms with E-state index >= 15 is 0 Å². The summed E-state index contributed by atoms with van der Waals surface area (Å²) in [6.45, 7) is 2.85. The monoisotopic (exact) mass is 426 g/mol. The summed E-state index contributed by atoms with van der Waals surface area (Å²) in [5, 5.41) is 5.19. The average Bonchev–Trinajstić information content (AvgIpc) is 3.20. The van der Waals surface area contributed by atoms with E-state index in [-0.39, 0.29) is 24.0 Å². The van der Waals surface area contributed by atoms with Crippen LogP contribution in [0, 0.1) is 5.82 Å². The second-order valence-corrected chi connectivity index (χ2v) is 9.45. The maximum absolute atomic E-state index is 13.1. The van der Waals surface area contributed by atoms with Crippen molar-refractivity contribution in [3.63, 3.8) is 0 Å². The molecule has 1 atom stereocenters. The van der Waals surface area contributed by atoms with Gasteiger partial charge in [0, 0.05) is 32.2 Å². The number of rotatable bonds is 5. The quantitative estimate of drug-likeness (QED) is 0.739. The number of nitrogens with one attached hydrogen (secondary N) is 2. The molecule has 2 aliphatic rings. The van der Waals surface area contributed by atoms with Gasteiger partial charge in [-0.05, 0) is 44.0 Å². The number of carbonyl (C=O) groups excluding carboxylic acids is 2. The van der Waals surface area contributed by atoms with Crippen molar-refractivity contribution in [2.45, 2.75) is 49.6 Å². The molecule has 3 rings (SSSR count). The molecule has 10 heteroatoms. The number of amides is 3. The highest BCUT2D eigenvalue weighted by Crippen LogP contribution is 2.19. The molecule has 1 saturated carbocycles. The molecule has 2 fully saturated rings. The van der Waals surface area contributed by atoms with Crippen LogP contribution in [-0.4, -0.2) is 67.8 Å². The Balaban J connectivity index is 1.50. The molecule has 1 heterocycles. The van der Waals surface area contributed by atoms with Crippen LogP contribution >= 0.6 is 0 Å². The van der Waals surface area contributed by atoms with Gasteiger partial charge in [0.1, 0.15) is 5.82 Å². The third kappa shape index (κ3) is 5.31. The zero-order valence-electron chi connectivity index (χ0n) is 16.4. The molecule has 3 amide bonds. The van der Waals surface area contributed by atoms with Crippen LogP contribution in [0.5, 0.6) is 0 Å². The van der Waals surface area contributed by atoms with Gasteiger partial charge in [-0.2, -0.15) is 4.31 Å². The van der Waals surface area contributed by atoms with E-state index in [2.05, 4.69) is 10.6 Å². The van der Waals surface area contributed by atoms with Crippen LogP contribution in [0.3, 0.4) is 0 Å². The maximum atomic E-state index is 13.1. The summed E-state index contributed by atoms with van der Waals surface area (Å²) in [7, 11) is -3.71. The summed E-state index contributed by atoms with van der Waals surface area (Å²) in [6.07, 6.45) is 4.03. The van der Waals surface area contributed by atoms with Crippen LogP contribution in [0.1, 0.15) is 32.6 Å². The Morgan fingerprint density at radius 2 is 1.66 bits per heavy atom. The van der Waals surface area contributed by atoms with Gasteiger partial charge in [0.25, 0.3) is 0 Å². The molecule has 8 nitrogen and oxygen atoms in total. The van der Waals surface area contributed by atoms with Gasteiger partial charge in [-0.1, -0.05) is 12.8 Å². The zero-order chi connectivity index (χ0) is 21.0. The van der Waals surface area contributed by atoms with Gasteiger partial charge in [-0.3, -0.25) is 15.0 Å². The Morgan fingerprint density at radius 1 is 1.07 bits per heavy atom. The van der Waals surface area contributed by atoms with E-state index in [0.717, 1.165) is 37.8 Å². The van der Waals surface area contributed by atoms with Crippen molar-refractivity contribution >= 4 is 22.0 Å². The lowest BCUT2D eigenvalue weighted by Crippen LogP contribution is -2.56. The number of imide groups is 1. The minimum absolute atomic E-state index is 0.0433. The fourth-order valence-corrected chi connectivity index (χ4v) is 5.18.